The Bertz CT molecular complexity index is 1120. The van der Waals surface area contributed by atoms with E-state index in [0.717, 1.165) is 32.9 Å². The van der Waals surface area contributed by atoms with Gasteiger partial charge in [0.25, 0.3) is 0 Å². The van der Waals surface area contributed by atoms with Crippen molar-refractivity contribution in [3.05, 3.63) is 59.7 Å². The van der Waals surface area contributed by atoms with Crippen LogP contribution in [0.5, 0.6) is 0 Å². The van der Waals surface area contributed by atoms with E-state index in [1.165, 1.54) is 0 Å². The number of hydrogen-bond donors (Lipinski definition) is 0. The lowest BCUT2D eigenvalue weighted by Crippen LogP contribution is -2.37. The second-order valence-electron chi connectivity index (χ2n) is 6.29. The van der Waals surface area contributed by atoms with Crippen LogP contribution >= 0.6 is 0 Å². The summed E-state index contributed by atoms with van der Waals surface area (Å²) < 4.78 is 106. The molecule has 0 atom stereocenters. The fourth-order valence-electron chi connectivity index (χ4n) is 2.95. The van der Waals surface area contributed by atoms with Crippen molar-refractivity contribution in [1.29, 1.82) is 0 Å². The predicted octanol–water partition coefficient (Wildman–Crippen LogP) is 2.33. The highest BCUT2D eigenvalue weighted by molar-refractivity contribution is 7.89. The van der Waals surface area contributed by atoms with E-state index in [2.05, 4.69) is 0 Å². The van der Waals surface area contributed by atoms with E-state index in [9.17, 15) is 34.4 Å². The molecule has 1 saturated heterocycles. The van der Waals surface area contributed by atoms with Gasteiger partial charge in [0.15, 0.2) is 17.5 Å². The van der Waals surface area contributed by atoms with Crippen molar-refractivity contribution in [2.45, 2.75) is 16.2 Å². The Morgan fingerprint density at radius 3 is 1.79 bits per heavy atom. The van der Waals surface area contributed by atoms with Crippen LogP contribution in [-0.2, 0) is 20.0 Å². The molecule has 0 radical (unpaired) electrons. The molecule has 29 heavy (non-hydrogen) atoms. The smallest absolute Gasteiger partial charge is 0.207 e. The minimum Gasteiger partial charge on any atom is -0.207 e. The molecular weight excluding hydrogens is 436 g/mol. The van der Waals surface area contributed by atoms with Gasteiger partial charge in [0, 0.05) is 26.2 Å². The quantitative estimate of drug-likeness (QED) is 0.527. The van der Waals surface area contributed by atoms with Crippen molar-refractivity contribution < 1.29 is 34.4 Å². The van der Waals surface area contributed by atoms with E-state index >= 15 is 0 Å². The maximum atomic E-state index is 14.0. The van der Waals surface area contributed by atoms with Gasteiger partial charge in [0.05, 0.1) is 4.90 Å². The Kier molecular flexibility index (Phi) is 5.99. The number of rotatable bonds is 4. The molecule has 158 valence electrons. The number of benzene rings is 2. The van der Waals surface area contributed by atoms with Gasteiger partial charge in [-0.25, -0.2) is 34.4 Å². The lowest BCUT2D eigenvalue weighted by Gasteiger charge is -2.22. The Morgan fingerprint density at radius 1 is 0.655 bits per heavy atom. The maximum Gasteiger partial charge on any atom is 0.246 e. The average molecular weight is 452 g/mol. The summed E-state index contributed by atoms with van der Waals surface area (Å²) in [4.78, 5) is -1.17. The van der Waals surface area contributed by atoms with Crippen LogP contribution in [-0.4, -0.2) is 51.6 Å². The summed E-state index contributed by atoms with van der Waals surface area (Å²) in [5.74, 6) is -5.86. The molecule has 12 heteroatoms. The third-order valence-electron chi connectivity index (χ3n) is 4.48. The molecule has 1 fully saturated rings. The molecule has 0 bridgehead atoms. The molecule has 0 unspecified atom stereocenters. The molecule has 1 heterocycles. The SMILES string of the molecule is O=S(=O)(c1ccc(F)cc1)N1CCCN(S(=O)(=O)c2ccc(F)c(F)c2F)CC1. The van der Waals surface area contributed by atoms with Gasteiger partial charge in [-0.3, -0.25) is 0 Å². The normalized spacial score (nSPS) is 17.2. The highest BCUT2D eigenvalue weighted by Gasteiger charge is 2.34. The van der Waals surface area contributed by atoms with Crippen LogP contribution in [0.4, 0.5) is 17.6 Å². The van der Waals surface area contributed by atoms with Crippen LogP contribution in [0.25, 0.3) is 0 Å². The van der Waals surface area contributed by atoms with Crippen molar-refractivity contribution in [2.24, 2.45) is 0 Å². The topological polar surface area (TPSA) is 74.8 Å². The largest absolute Gasteiger partial charge is 0.246 e. The number of halogens is 4. The highest BCUT2D eigenvalue weighted by atomic mass is 32.2. The third-order valence-corrected chi connectivity index (χ3v) is 8.31. The van der Waals surface area contributed by atoms with Gasteiger partial charge < -0.3 is 0 Å². The first-order valence-corrected chi connectivity index (χ1v) is 11.3. The molecule has 0 N–H and O–H groups in total. The van der Waals surface area contributed by atoms with Crippen LogP contribution in [0.15, 0.2) is 46.2 Å². The Hall–Kier alpha value is -2.02. The van der Waals surface area contributed by atoms with Crippen LogP contribution in [0.3, 0.4) is 0 Å². The van der Waals surface area contributed by atoms with Crippen molar-refractivity contribution >= 4 is 20.0 Å². The highest BCUT2D eigenvalue weighted by Crippen LogP contribution is 2.25. The summed E-state index contributed by atoms with van der Waals surface area (Å²) in [6, 6.07) is 5.32. The van der Waals surface area contributed by atoms with Crippen LogP contribution in [0.2, 0.25) is 0 Å². The van der Waals surface area contributed by atoms with E-state index in [4.69, 9.17) is 0 Å². The molecule has 0 aromatic heterocycles. The molecule has 6 nitrogen and oxygen atoms in total. The molecule has 0 amide bonds. The third kappa shape index (κ3) is 4.15. The summed E-state index contributed by atoms with van der Waals surface area (Å²) in [7, 11) is -8.51. The van der Waals surface area contributed by atoms with Crippen LogP contribution in [0.1, 0.15) is 6.42 Å². The van der Waals surface area contributed by atoms with E-state index in [-0.39, 0.29) is 37.5 Å². The van der Waals surface area contributed by atoms with Gasteiger partial charge in [-0.1, -0.05) is 0 Å². The number of sulfonamides is 2. The molecule has 0 aliphatic carbocycles. The zero-order valence-electron chi connectivity index (χ0n) is 14.9. The first-order valence-electron chi connectivity index (χ1n) is 8.44. The molecule has 0 spiro atoms. The van der Waals surface area contributed by atoms with Crippen molar-refractivity contribution in [3.8, 4) is 0 Å². The first-order chi connectivity index (χ1) is 13.5. The summed E-state index contributed by atoms with van der Waals surface area (Å²) in [6.45, 7) is -0.729. The second-order valence-corrected chi connectivity index (χ2v) is 10.1. The minimum absolute atomic E-state index is 0.0218. The first kappa shape index (κ1) is 21.7. The molecule has 1 aliphatic heterocycles. The number of nitrogens with zero attached hydrogens (tertiary/aromatic N) is 2. The van der Waals surface area contributed by atoms with E-state index in [0.29, 0.717) is 12.1 Å². The van der Waals surface area contributed by atoms with Gasteiger partial charge in [-0.15, -0.1) is 0 Å². The molecular formula is C17H16F4N2O4S2. The van der Waals surface area contributed by atoms with E-state index in [1.807, 2.05) is 0 Å². The molecule has 3 rings (SSSR count). The minimum atomic E-state index is -4.51. The van der Waals surface area contributed by atoms with Crippen molar-refractivity contribution in [1.82, 2.24) is 8.61 Å². The summed E-state index contributed by atoms with van der Waals surface area (Å²) in [6.07, 6.45) is 0.0882. The summed E-state index contributed by atoms with van der Waals surface area (Å²) in [5, 5.41) is 0. The van der Waals surface area contributed by atoms with Gasteiger partial charge in [0.2, 0.25) is 20.0 Å². The molecule has 0 saturated carbocycles. The van der Waals surface area contributed by atoms with E-state index in [1.54, 1.807) is 0 Å². The van der Waals surface area contributed by atoms with Gasteiger partial charge in [0.1, 0.15) is 10.7 Å². The fourth-order valence-corrected chi connectivity index (χ4v) is 5.95. The van der Waals surface area contributed by atoms with Gasteiger partial charge >= 0.3 is 0 Å². The monoisotopic (exact) mass is 452 g/mol. The fraction of sp³-hybridized carbons (Fsp3) is 0.294. The molecule has 1 aliphatic rings. The lowest BCUT2D eigenvalue weighted by molar-refractivity contribution is 0.396. The predicted molar refractivity (Wildman–Crippen MR) is 94.9 cm³/mol. The zero-order chi connectivity index (χ0) is 21.4. The maximum absolute atomic E-state index is 14.0. The van der Waals surface area contributed by atoms with E-state index < -0.39 is 48.2 Å². The van der Waals surface area contributed by atoms with Gasteiger partial charge in [-0.05, 0) is 42.8 Å². The molecule has 2 aromatic carbocycles. The zero-order valence-corrected chi connectivity index (χ0v) is 16.5. The average Bonchev–Trinajstić information content (AvgIpc) is 2.93. The number of hydrogen-bond acceptors (Lipinski definition) is 4. The van der Waals surface area contributed by atoms with Gasteiger partial charge in [-0.2, -0.15) is 8.61 Å². The Balaban J connectivity index is 1.84. The van der Waals surface area contributed by atoms with Crippen LogP contribution < -0.4 is 0 Å². The summed E-state index contributed by atoms with van der Waals surface area (Å²) >= 11 is 0. The standard InChI is InChI=1S/C17H16F4N2O4S2/c18-12-2-4-13(5-3-12)28(24,25)22-8-1-9-23(11-10-22)29(26,27)15-7-6-14(19)16(20)17(15)21/h2-7H,1,8-11H2. The Morgan fingerprint density at radius 2 is 1.21 bits per heavy atom. The van der Waals surface area contributed by atoms with Crippen molar-refractivity contribution in [2.75, 3.05) is 26.2 Å². The molecule has 2 aromatic rings. The Labute approximate surface area is 165 Å². The second kappa shape index (κ2) is 8.01. The van der Waals surface area contributed by atoms with Crippen LogP contribution in [0, 0.1) is 23.3 Å². The summed E-state index contributed by atoms with van der Waals surface area (Å²) in [5.41, 5.74) is 0. The van der Waals surface area contributed by atoms with Crippen molar-refractivity contribution in [3.63, 3.8) is 0 Å². The lowest BCUT2D eigenvalue weighted by atomic mass is 10.3.